The Kier molecular flexibility index (Phi) is 4.53. The van der Waals surface area contributed by atoms with Crippen LogP contribution < -0.4 is 0 Å². The molecule has 6 heteroatoms. The molecule has 1 saturated heterocycles. The van der Waals surface area contributed by atoms with Crippen LogP contribution in [0.25, 0.3) is 0 Å². The van der Waals surface area contributed by atoms with Gasteiger partial charge >= 0.3 is 0 Å². The van der Waals surface area contributed by atoms with Crippen molar-refractivity contribution >= 4 is 5.91 Å². The number of hydrogen-bond donors (Lipinski definition) is 0. The molecule has 0 spiro atoms. The van der Waals surface area contributed by atoms with Crippen LogP contribution in [0.15, 0.2) is 30.3 Å². The lowest BCUT2D eigenvalue weighted by molar-refractivity contribution is -0.139. The summed E-state index contributed by atoms with van der Waals surface area (Å²) >= 11 is 0. The zero-order chi connectivity index (χ0) is 17.2. The first-order valence-electron chi connectivity index (χ1n) is 9.20. The standard InChI is InChI=1S/C19H25N5O/c1-15-20-21-17-14-23(12-13-24(15)17)18(16-8-4-2-5-9-16)19(25)22-10-6-3-7-11-22/h2,4-5,8-9,18H,3,6-7,10-14H2,1H3/t18-/m1/s1. The van der Waals surface area contributed by atoms with E-state index in [4.69, 9.17) is 0 Å². The highest BCUT2D eigenvalue weighted by molar-refractivity contribution is 5.83. The SMILES string of the molecule is Cc1nnc2n1CCN([C@@H](C(=O)N1CCCCC1)c1ccccc1)C2. The average molecular weight is 339 g/mol. The Morgan fingerprint density at radius 1 is 1.00 bits per heavy atom. The molecule has 0 radical (unpaired) electrons. The molecule has 6 nitrogen and oxygen atoms in total. The molecule has 1 aromatic heterocycles. The molecular weight excluding hydrogens is 314 g/mol. The molecular formula is C19H25N5O. The van der Waals surface area contributed by atoms with Crippen LogP contribution in [0, 0.1) is 6.92 Å². The number of fused-ring (bicyclic) bond motifs is 1. The van der Waals surface area contributed by atoms with E-state index in [2.05, 4.69) is 31.8 Å². The number of aryl methyl sites for hydroxylation is 1. The maximum Gasteiger partial charge on any atom is 0.244 e. The van der Waals surface area contributed by atoms with E-state index >= 15 is 0 Å². The van der Waals surface area contributed by atoms with Crippen LogP contribution in [-0.2, 0) is 17.9 Å². The number of aromatic nitrogens is 3. The summed E-state index contributed by atoms with van der Waals surface area (Å²) in [5.41, 5.74) is 1.07. The van der Waals surface area contributed by atoms with Crippen LogP contribution >= 0.6 is 0 Å². The van der Waals surface area contributed by atoms with Crippen LogP contribution in [0.4, 0.5) is 0 Å². The maximum atomic E-state index is 13.4. The first-order chi connectivity index (χ1) is 12.2. The normalized spacial score (nSPS) is 19.5. The van der Waals surface area contributed by atoms with Gasteiger partial charge in [0, 0.05) is 26.2 Å². The van der Waals surface area contributed by atoms with Gasteiger partial charge in [0.1, 0.15) is 17.7 Å². The van der Waals surface area contributed by atoms with Gasteiger partial charge in [0.2, 0.25) is 5.91 Å². The molecule has 25 heavy (non-hydrogen) atoms. The second-order valence-electron chi connectivity index (χ2n) is 6.98. The number of piperidine rings is 1. The smallest absolute Gasteiger partial charge is 0.244 e. The lowest BCUT2D eigenvalue weighted by atomic mass is 10.0. The number of hydrogen-bond acceptors (Lipinski definition) is 4. The minimum atomic E-state index is -0.231. The van der Waals surface area contributed by atoms with Gasteiger partial charge in [-0.3, -0.25) is 9.69 Å². The van der Waals surface area contributed by atoms with E-state index in [1.165, 1.54) is 6.42 Å². The van der Waals surface area contributed by atoms with Gasteiger partial charge in [-0.1, -0.05) is 30.3 Å². The fourth-order valence-corrected chi connectivity index (χ4v) is 3.97. The molecule has 2 aromatic rings. The van der Waals surface area contributed by atoms with E-state index in [1.807, 2.05) is 30.0 Å². The quantitative estimate of drug-likeness (QED) is 0.860. The van der Waals surface area contributed by atoms with Crippen LogP contribution in [0.3, 0.4) is 0 Å². The molecule has 2 aliphatic rings. The van der Waals surface area contributed by atoms with Crippen LogP contribution in [0.2, 0.25) is 0 Å². The number of nitrogens with zero attached hydrogens (tertiary/aromatic N) is 5. The summed E-state index contributed by atoms with van der Waals surface area (Å²) < 4.78 is 2.16. The predicted octanol–water partition coefficient (Wildman–Crippen LogP) is 2.16. The predicted molar refractivity (Wildman–Crippen MR) is 94.8 cm³/mol. The van der Waals surface area contributed by atoms with Gasteiger partial charge in [-0.15, -0.1) is 10.2 Å². The highest BCUT2D eigenvalue weighted by Crippen LogP contribution is 2.28. The molecule has 0 unspecified atom stereocenters. The minimum absolute atomic E-state index is 0.231. The van der Waals surface area contributed by atoms with Crippen molar-refractivity contribution in [1.82, 2.24) is 24.6 Å². The highest BCUT2D eigenvalue weighted by Gasteiger charge is 2.34. The molecule has 0 bridgehead atoms. The Bertz CT molecular complexity index is 736. The van der Waals surface area contributed by atoms with Gasteiger partial charge in [0.05, 0.1) is 6.54 Å². The topological polar surface area (TPSA) is 54.3 Å². The second kappa shape index (κ2) is 6.96. The molecule has 1 atom stereocenters. The Morgan fingerprint density at radius 3 is 2.52 bits per heavy atom. The lowest BCUT2D eigenvalue weighted by Gasteiger charge is -2.38. The summed E-state index contributed by atoms with van der Waals surface area (Å²) in [6.07, 6.45) is 3.45. The maximum absolute atomic E-state index is 13.4. The molecule has 4 rings (SSSR count). The van der Waals surface area contributed by atoms with E-state index in [0.29, 0.717) is 6.54 Å². The monoisotopic (exact) mass is 339 g/mol. The summed E-state index contributed by atoms with van der Waals surface area (Å²) in [5.74, 6) is 2.14. The van der Waals surface area contributed by atoms with Crippen molar-refractivity contribution in [3.8, 4) is 0 Å². The number of rotatable bonds is 3. The van der Waals surface area contributed by atoms with Crippen molar-refractivity contribution in [3.05, 3.63) is 47.5 Å². The molecule has 1 amide bonds. The average Bonchev–Trinajstić information content (AvgIpc) is 3.04. The summed E-state index contributed by atoms with van der Waals surface area (Å²) in [6, 6.07) is 9.94. The molecule has 3 heterocycles. The van der Waals surface area contributed by atoms with E-state index < -0.39 is 0 Å². The number of carbonyl (C=O) groups is 1. The van der Waals surface area contributed by atoms with Gasteiger partial charge in [0.15, 0.2) is 0 Å². The highest BCUT2D eigenvalue weighted by atomic mass is 16.2. The third-order valence-electron chi connectivity index (χ3n) is 5.35. The first-order valence-corrected chi connectivity index (χ1v) is 9.20. The first kappa shape index (κ1) is 16.3. The van der Waals surface area contributed by atoms with Crippen LogP contribution in [0.5, 0.6) is 0 Å². The Morgan fingerprint density at radius 2 is 1.76 bits per heavy atom. The van der Waals surface area contributed by atoms with Crippen molar-refractivity contribution in [2.75, 3.05) is 19.6 Å². The van der Waals surface area contributed by atoms with Gasteiger partial charge in [-0.25, -0.2) is 0 Å². The Hall–Kier alpha value is -2.21. The fourth-order valence-electron chi connectivity index (χ4n) is 3.97. The van der Waals surface area contributed by atoms with Gasteiger partial charge in [0.25, 0.3) is 0 Å². The molecule has 132 valence electrons. The zero-order valence-corrected chi connectivity index (χ0v) is 14.8. The molecule has 1 aromatic carbocycles. The lowest BCUT2D eigenvalue weighted by Crippen LogP contribution is -2.47. The summed E-state index contributed by atoms with van der Waals surface area (Å²) in [6.45, 7) is 6.09. The van der Waals surface area contributed by atoms with Crippen molar-refractivity contribution in [2.45, 2.75) is 45.3 Å². The van der Waals surface area contributed by atoms with E-state index in [1.54, 1.807) is 0 Å². The molecule has 1 fully saturated rings. The Labute approximate surface area is 148 Å². The van der Waals surface area contributed by atoms with Crippen molar-refractivity contribution in [1.29, 1.82) is 0 Å². The van der Waals surface area contributed by atoms with Crippen LogP contribution in [-0.4, -0.2) is 50.1 Å². The van der Waals surface area contributed by atoms with Crippen molar-refractivity contribution in [3.63, 3.8) is 0 Å². The summed E-state index contributed by atoms with van der Waals surface area (Å²) in [4.78, 5) is 17.7. The second-order valence-corrected chi connectivity index (χ2v) is 6.98. The molecule has 0 saturated carbocycles. The summed E-state index contributed by atoms with van der Waals surface area (Å²) in [5, 5.41) is 8.49. The number of carbonyl (C=O) groups excluding carboxylic acids is 1. The largest absolute Gasteiger partial charge is 0.341 e. The van der Waals surface area contributed by atoms with E-state index in [9.17, 15) is 4.79 Å². The molecule has 0 aliphatic carbocycles. The van der Waals surface area contributed by atoms with Crippen molar-refractivity contribution in [2.24, 2.45) is 0 Å². The van der Waals surface area contributed by atoms with Gasteiger partial charge < -0.3 is 9.47 Å². The molecule has 0 N–H and O–H groups in total. The third kappa shape index (κ3) is 3.18. The number of likely N-dealkylation sites (tertiary alicyclic amines) is 1. The molecule has 2 aliphatic heterocycles. The minimum Gasteiger partial charge on any atom is -0.341 e. The fraction of sp³-hybridized carbons (Fsp3) is 0.526. The Balaban J connectivity index is 1.63. The van der Waals surface area contributed by atoms with E-state index in [-0.39, 0.29) is 11.9 Å². The van der Waals surface area contributed by atoms with Crippen molar-refractivity contribution < 1.29 is 4.79 Å². The van der Waals surface area contributed by atoms with Gasteiger partial charge in [-0.05, 0) is 31.7 Å². The number of benzene rings is 1. The van der Waals surface area contributed by atoms with Crippen LogP contribution in [0.1, 0.15) is 42.5 Å². The third-order valence-corrected chi connectivity index (χ3v) is 5.35. The zero-order valence-electron chi connectivity index (χ0n) is 14.8. The summed E-state index contributed by atoms with van der Waals surface area (Å²) in [7, 11) is 0. The van der Waals surface area contributed by atoms with E-state index in [0.717, 1.165) is 56.2 Å². The van der Waals surface area contributed by atoms with Gasteiger partial charge in [-0.2, -0.15) is 0 Å². The number of amides is 1.